The lowest BCUT2D eigenvalue weighted by Crippen LogP contribution is -2.38. The molecule has 1 aromatic carbocycles. The Hall–Kier alpha value is -3.05. The molecule has 0 saturated heterocycles. The van der Waals surface area contributed by atoms with Crippen LogP contribution in [0.15, 0.2) is 66.2 Å². The molecule has 0 aliphatic carbocycles. The monoisotopic (exact) mass is 525 g/mol. The summed E-state index contributed by atoms with van der Waals surface area (Å²) in [6.45, 7) is 2.08. The van der Waals surface area contributed by atoms with E-state index in [1.54, 1.807) is 37.6 Å². The Balaban J connectivity index is 1.79. The van der Waals surface area contributed by atoms with Crippen LogP contribution in [0.4, 0.5) is 18.9 Å². The van der Waals surface area contributed by atoms with Gasteiger partial charge in [-0.05, 0) is 24.6 Å². The fourth-order valence-electron chi connectivity index (χ4n) is 2.97. The number of rotatable bonds is 11. The molecule has 0 saturated carbocycles. The number of carbonyl (C=O) groups excluding carboxylic acids is 1. The van der Waals surface area contributed by atoms with Gasteiger partial charge in [-0.15, -0.1) is 0 Å². The van der Waals surface area contributed by atoms with Gasteiger partial charge in [-0.25, -0.2) is 4.68 Å². The van der Waals surface area contributed by atoms with E-state index in [1.807, 2.05) is 30.3 Å². The summed E-state index contributed by atoms with van der Waals surface area (Å²) in [7, 11) is 0. The highest BCUT2D eigenvalue weighted by atomic mass is 35.5. The summed E-state index contributed by atoms with van der Waals surface area (Å²) in [5.74, 6) is -0.804. The van der Waals surface area contributed by atoms with Crippen LogP contribution in [0.3, 0.4) is 0 Å². The molecular formula is C23H23ClF3N5O2S. The standard InChI is InChI=1S/C23H23ClF3N5O2S/c1-2-31(20-14-32(29-21(20)24)18-9-6-11-28-13-18)22(33)19(16-35-12-10-23(25,26)27)30-34-15-17-7-4-3-5-8-17/h3-9,11,13-14H,2,10,12,15-16H2,1H3/b30-19-. The first-order valence-corrected chi connectivity index (χ1v) is 12.2. The minimum absolute atomic E-state index is 0.0276. The van der Waals surface area contributed by atoms with Gasteiger partial charge >= 0.3 is 6.18 Å². The first-order chi connectivity index (χ1) is 16.8. The fourth-order valence-corrected chi connectivity index (χ4v) is 4.09. The molecule has 0 atom stereocenters. The van der Waals surface area contributed by atoms with Crippen molar-refractivity contribution in [2.75, 3.05) is 23.0 Å². The Morgan fingerprint density at radius 1 is 1.23 bits per heavy atom. The molecule has 3 rings (SSSR count). The number of oxime groups is 1. The van der Waals surface area contributed by atoms with Crippen LogP contribution in [0.25, 0.3) is 5.69 Å². The molecule has 0 spiro atoms. The minimum Gasteiger partial charge on any atom is -0.391 e. The third-order valence-electron chi connectivity index (χ3n) is 4.68. The average molecular weight is 526 g/mol. The number of amides is 1. The van der Waals surface area contributed by atoms with E-state index in [9.17, 15) is 18.0 Å². The molecule has 186 valence electrons. The zero-order valence-electron chi connectivity index (χ0n) is 18.8. The maximum Gasteiger partial charge on any atom is 0.389 e. The van der Waals surface area contributed by atoms with Crippen molar-refractivity contribution in [3.8, 4) is 5.69 Å². The predicted molar refractivity (Wildman–Crippen MR) is 131 cm³/mol. The number of carbonyl (C=O) groups is 1. The summed E-state index contributed by atoms with van der Waals surface area (Å²) < 4.78 is 39.1. The normalized spacial score (nSPS) is 12.0. The number of aromatic nitrogens is 3. The van der Waals surface area contributed by atoms with Gasteiger partial charge in [0.1, 0.15) is 12.3 Å². The number of anilines is 1. The summed E-state index contributed by atoms with van der Waals surface area (Å²) in [5.41, 5.74) is 1.78. The van der Waals surface area contributed by atoms with Crippen LogP contribution in [0.5, 0.6) is 0 Å². The van der Waals surface area contributed by atoms with Crippen LogP contribution < -0.4 is 4.90 Å². The topological polar surface area (TPSA) is 72.6 Å². The number of thioether (sulfide) groups is 1. The number of nitrogens with zero attached hydrogens (tertiary/aromatic N) is 5. The molecule has 12 heteroatoms. The predicted octanol–water partition coefficient (Wildman–Crippen LogP) is 5.53. The van der Waals surface area contributed by atoms with E-state index in [4.69, 9.17) is 16.4 Å². The SMILES string of the molecule is CCN(C(=O)/C(CSCCC(F)(F)F)=N\OCc1ccccc1)c1cn(-c2cccnc2)nc1Cl. The van der Waals surface area contributed by atoms with Crippen LogP contribution in [-0.2, 0) is 16.2 Å². The molecule has 35 heavy (non-hydrogen) atoms. The third kappa shape index (κ3) is 8.00. The van der Waals surface area contributed by atoms with Gasteiger partial charge in [0.25, 0.3) is 5.91 Å². The maximum absolute atomic E-state index is 13.4. The molecule has 0 bridgehead atoms. The second-order valence-electron chi connectivity index (χ2n) is 7.23. The third-order valence-corrected chi connectivity index (χ3v) is 5.92. The highest BCUT2D eigenvalue weighted by Gasteiger charge is 2.28. The highest BCUT2D eigenvalue weighted by Crippen LogP contribution is 2.27. The Kier molecular flexibility index (Phi) is 9.55. The minimum atomic E-state index is -4.28. The number of hydrogen-bond donors (Lipinski definition) is 0. The van der Waals surface area contributed by atoms with Crippen molar-refractivity contribution in [3.05, 3.63) is 71.8 Å². The Bertz CT molecular complexity index is 1130. The molecule has 0 radical (unpaired) electrons. The molecule has 1 amide bonds. The first-order valence-electron chi connectivity index (χ1n) is 10.6. The molecule has 0 aliphatic rings. The van der Waals surface area contributed by atoms with E-state index in [1.165, 1.54) is 9.58 Å². The van der Waals surface area contributed by atoms with E-state index < -0.39 is 18.5 Å². The van der Waals surface area contributed by atoms with Crippen molar-refractivity contribution < 1.29 is 22.8 Å². The molecule has 2 heterocycles. The van der Waals surface area contributed by atoms with Crippen LogP contribution in [-0.4, -0.2) is 50.6 Å². The summed E-state index contributed by atoms with van der Waals surface area (Å²) in [6.07, 6.45) is -0.452. The quantitative estimate of drug-likeness (QED) is 0.187. The zero-order chi connectivity index (χ0) is 25.3. The molecule has 0 aliphatic heterocycles. The number of hydrogen-bond acceptors (Lipinski definition) is 6. The van der Waals surface area contributed by atoms with E-state index in [-0.39, 0.29) is 35.5 Å². The number of halogens is 4. The largest absolute Gasteiger partial charge is 0.391 e. The lowest BCUT2D eigenvalue weighted by Gasteiger charge is -2.20. The molecule has 7 nitrogen and oxygen atoms in total. The average Bonchev–Trinajstić information content (AvgIpc) is 3.23. The van der Waals surface area contributed by atoms with Gasteiger partial charge in [-0.1, -0.05) is 47.1 Å². The Morgan fingerprint density at radius 3 is 2.66 bits per heavy atom. The van der Waals surface area contributed by atoms with E-state index in [2.05, 4.69) is 15.2 Å². The fraction of sp³-hybridized carbons (Fsp3) is 0.304. The number of pyridine rings is 1. The zero-order valence-corrected chi connectivity index (χ0v) is 20.4. The van der Waals surface area contributed by atoms with E-state index in [0.717, 1.165) is 17.3 Å². The van der Waals surface area contributed by atoms with E-state index >= 15 is 0 Å². The Labute approximate surface area is 209 Å². The molecule has 3 aromatic rings. The summed E-state index contributed by atoms with van der Waals surface area (Å²) in [6, 6.07) is 12.7. The van der Waals surface area contributed by atoms with Crippen LogP contribution in [0.2, 0.25) is 5.15 Å². The van der Waals surface area contributed by atoms with Crippen molar-refractivity contribution in [3.63, 3.8) is 0 Å². The van der Waals surface area contributed by atoms with Crippen LogP contribution in [0, 0.1) is 0 Å². The van der Waals surface area contributed by atoms with Gasteiger partial charge in [0.2, 0.25) is 0 Å². The van der Waals surface area contributed by atoms with Crippen molar-refractivity contribution in [1.82, 2.24) is 14.8 Å². The van der Waals surface area contributed by atoms with Gasteiger partial charge in [0.15, 0.2) is 10.9 Å². The van der Waals surface area contributed by atoms with Crippen LogP contribution >= 0.6 is 23.4 Å². The van der Waals surface area contributed by atoms with Crippen molar-refractivity contribution in [1.29, 1.82) is 0 Å². The molecule has 0 unspecified atom stereocenters. The van der Waals surface area contributed by atoms with Crippen molar-refractivity contribution in [2.45, 2.75) is 26.1 Å². The maximum atomic E-state index is 13.4. The number of alkyl halides is 3. The number of benzene rings is 1. The van der Waals surface area contributed by atoms with Crippen LogP contribution in [0.1, 0.15) is 18.9 Å². The second kappa shape index (κ2) is 12.6. The highest BCUT2D eigenvalue weighted by molar-refractivity contribution is 8.00. The summed E-state index contributed by atoms with van der Waals surface area (Å²) >= 11 is 7.28. The van der Waals surface area contributed by atoms with Gasteiger partial charge in [-0.2, -0.15) is 30.0 Å². The smallest absolute Gasteiger partial charge is 0.389 e. The van der Waals surface area contributed by atoms with E-state index in [0.29, 0.717) is 11.4 Å². The first kappa shape index (κ1) is 26.6. The van der Waals surface area contributed by atoms with Gasteiger partial charge in [0, 0.05) is 24.2 Å². The lowest BCUT2D eigenvalue weighted by atomic mass is 10.2. The Morgan fingerprint density at radius 2 is 2.00 bits per heavy atom. The summed E-state index contributed by atoms with van der Waals surface area (Å²) in [4.78, 5) is 24.2. The molecule has 2 aromatic heterocycles. The van der Waals surface area contributed by atoms with Crippen molar-refractivity contribution >= 4 is 40.7 Å². The molecular weight excluding hydrogens is 503 g/mol. The lowest BCUT2D eigenvalue weighted by molar-refractivity contribution is -0.129. The summed E-state index contributed by atoms with van der Waals surface area (Å²) in [5, 5.41) is 8.31. The van der Waals surface area contributed by atoms with Gasteiger partial charge < -0.3 is 9.74 Å². The van der Waals surface area contributed by atoms with Crippen molar-refractivity contribution in [2.24, 2.45) is 5.16 Å². The second-order valence-corrected chi connectivity index (χ2v) is 8.69. The molecule has 0 fully saturated rings. The van der Waals surface area contributed by atoms with Gasteiger partial charge in [-0.3, -0.25) is 9.78 Å². The molecule has 0 N–H and O–H groups in total. The van der Waals surface area contributed by atoms with Gasteiger partial charge in [0.05, 0.1) is 24.5 Å².